The fraction of sp³-hybridized carbons (Fsp3) is 0.0526. The molecule has 0 aliphatic carbocycles. The van der Waals surface area contributed by atoms with Crippen LogP contribution < -0.4 is 10.4 Å². The van der Waals surface area contributed by atoms with Gasteiger partial charge < -0.3 is 4.43 Å². The Kier molecular flexibility index (Phi) is 6.06. The first-order valence-corrected chi connectivity index (χ1v) is 9.95. The average molecular weight is 403 g/mol. The van der Waals surface area contributed by atoms with Gasteiger partial charge in [0.05, 0.1) is 17.1 Å². The zero-order chi connectivity index (χ0) is 18.5. The quantitative estimate of drug-likeness (QED) is 0.352. The molecule has 4 nitrogen and oxygen atoms in total. The number of nitro benzene ring substituents is 1. The highest BCUT2D eigenvalue weighted by atomic mass is 35.5. The maximum atomic E-state index is 11.2. The number of benzene rings is 3. The van der Waals surface area contributed by atoms with Crippen LogP contribution in [0.3, 0.4) is 0 Å². The molecule has 0 saturated heterocycles. The van der Waals surface area contributed by atoms with Gasteiger partial charge in [0, 0.05) is 16.1 Å². The molecule has 0 bridgehead atoms. The number of nitrogens with zero attached hydrogens (tertiary/aromatic N) is 1. The van der Waals surface area contributed by atoms with Crippen LogP contribution in [0.5, 0.6) is 0 Å². The lowest BCUT2D eigenvalue weighted by atomic mass is 10.2. The molecule has 0 aliphatic heterocycles. The van der Waals surface area contributed by atoms with E-state index in [1.165, 1.54) is 6.07 Å². The van der Waals surface area contributed by atoms with Crippen LogP contribution >= 0.6 is 23.2 Å². The largest absolute Gasteiger partial charge is 0.403 e. The third-order valence-electron chi connectivity index (χ3n) is 3.77. The van der Waals surface area contributed by atoms with Gasteiger partial charge >= 0.3 is 0 Å². The van der Waals surface area contributed by atoms with Gasteiger partial charge in [-0.05, 0) is 40.7 Å². The Hall–Kier alpha value is -2.18. The van der Waals surface area contributed by atoms with Gasteiger partial charge in [-0.3, -0.25) is 10.1 Å². The van der Waals surface area contributed by atoms with Crippen LogP contribution in [-0.2, 0) is 11.0 Å². The maximum Gasteiger partial charge on any atom is 0.283 e. The second-order valence-corrected chi connectivity index (χ2v) is 8.49. The molecule has 0 atom stereocenters. The minimum Gasteiger partial charge on any atom is -0.403 e. The molecule has 26 heavy (non-hydrogen) atoms. The highest BCUT2D eigenvalue weighted by Gasteiger charge is 2.21. The standard InChI is InChI=1S/C19H14Cl2NO3Si/c20-15-5-9-17(10-6-15)26(18-11-7-16(21)8-12-18)25-13-14-3-1-2-4-19(14)22(23)24/h1-12H,13H2. The van der Waals surface area contributed by atoms with E-state index in [1.54, 1.807) is 18.2 Å². The summed E-state index contributed by atoms with van der Waals surface area (Å²) in [5.41, 5.74) is 0.601. The van der Waals surface area contributed by atoms with Crippen molar-refractivity contribution in [2.24, 2.45) is 0 Å². The molecule has 3 aromatic rings. The van der Waals surface area contributed by atoms with E-state index in [1.807, 2.05) is 48.5 Å². The van der Waals surface area contributed by atoms with Crippen LogP contribution in [-0.4, -0.2) is 14.0 Å². The summed E-state index contributed by atoms with van der Waals surface area (Å²) in [6.07, 6.45) is 0. The summed E-state index contributed by atoms with van der Waals surface area (Å²) in [6, 6.07) is 21.5. The summed E-state index contributed by atoms with van der Waals surface area (Å²) >= 11 is 12.0. The second kappa shape index (κ2) is 8.47. The molecule has 0 unspecified atom stereocenters. The maximum absolute atomic E-state index is 11.2. The lowest BCUT2D eigenvalue weighted by Gasteiger charge is -2.16. The summed E-state index contributed by atoms with van der Waals surface area (Å²) < 4.78 is 6.18. The summed E-state index contributed by atoms with van der Waals surface area (Å²) in [7, 11) is -1.61. The van der Waals surface area contributed by atoms with E-state index in [0.29, 0.717) is 15.6 Å². The minimum atomic E-state index is -1.61. The number of para-hydroxylation sites is 1. The molecule has 0 spiro atoms. The van der Waals surface area contributed by atoms with Gasteiger partial charge in [-0.2, -0.15) is 0 Å². The average Bonchev–Trinajstić information content (AvgIpc) is 2.65. The summed E-state index contributed by atoms with van der Waals surface area (Å²) in [5.74, 6) is 0. The molecular weight excluding hydrogens is 389 g/mol. The Labute approximate surface area is 162 Å². The zero-order valence-electron chi connectivity index (χ0n) is 13.6. The number of nitro groups is 1. The van der Waals surface area contributed by atoms with Crippen LogP contribution in [0.25, 0.3) is 0 Å². The van der Waals surface area contributed by atoms with Crippen LogP contribution in [0, 0.1) is 10.1 Å². The van der Waals surface area contributed by atoms with Gasteiger partial charge in [0.1, 0.15) is 0 Å². The van der Waals surface area contributed by atoms with Crippen molar-refractivity contribution in [1.29, 1.82) is 0 Å². The molecule has 0 heterocycles. The normalized spacial score (nSPS) is 10.9. The molecule has 3 aromatic carbocycles. The Morgan fingerprint density at radius 2 is 1.35 bits per heavy atom. The summed E-state index contributed by atoms with van der Waals surface area (Å²) in [5, 5.41) is 14.5. The van der Waals surface area contributed by atoms with Crippen molar-refractivity contribution in [3.05, 3.63) is 98.5 Å². The first kappa shape index (κ1) is 18.6. The van der Waals surface area contributed by atoms with Crippen LogP contribution in [0.4, 0.5) is 5.69 Å². The van der Waals surface area contributed by atoms with Gasteiger partial charge in [0.25, 0.3) is 14.7 Å². The number of halogens is 2. The van der Waals surface area contributed by atoms with E-state index < -0.39 is 14.0 Å². The Morgan fingerprint density at radius 1 is 0.846 bits per heavy atom. The smallest absolute Gasteiger partial charge is 0.283 e. The minimum absolute atomic E-state index is 0.0565. The summed E-state index contributed by atoms with van der Waals surface area (Å²) in [4.78, 5) is 10.8. The Bertz CT molecular complexity index is 856. The van der Waals surface area contributed by atoms with E-state index in [2.05, 4.69) is 0 Å². The predicted molar refractivity (Wildman–Crippen MR) is 106 cm³/mol. The highest BCUT2D eigenvalue weighted by molar-refractivity contribution is 6.80. The van der Waals surface area contributed by atoms with Crippen molar-refractivity contribution in [3.8, 4) is 0 Å². The molecule has 0 fully saturated rings. The van der Waals surface area contributed by atoms with E-state index in [4.69, 9.17) is 27.6 Å². The first-order valence-electron chi connectivity index (χ1n) is 7.78. The molecule has 7 heteroatoms. The Balaban J connectivity index is 1.90. The van der Waals surface area contributed by atoms with E-state index in [9.17, 15) is 10.1 Å². The molecule has 0 aromatic heterocycles. The second-order valence-electron chi connectivity index (χ2n) is 5.52. The van der Waals surface area contributed by atoms with Crippen molar-refractivity contribution < 1.29 is 9.35 Å². The van der Waals surface area contributed by atoms with Crippen LogP contribution in [0.15, 0.2) is 72.8 Å². The molecule has 1 radical (unpaired) electrons. The van der Waals surface area contributed by atoms with Crippen LogP contribution in [0.1, 0.15) is 5.56 Å². The van der Waals surface area contributed by atoms with Crippen molar-refractivity contribution in [2.45, 2.75) is 6.61 Å². The molecule has 131 valence electrons. The van der Waals surface area contributed by atoms with E-state index in [0.717, 1.165) is 10.4 Å². The van der Waals surface area contributed by atoms with Gasteiger partial charge in [-0.1, -0.05) is 59.6 Å². The predicted octanol–water partition coefficient (Wildman–Crippen LogP) is 4.22. The molecular formula is C19H14Cl2NO3Si. The third-order valence-corrected chi connectivity index (χ3v) is 6.43. The molecule has 3 rings (SSSR count). The third kappa shape index (κ3) is 4.50. The lowest BCUT2D eigenvalue weighted by molar-refractivity contribution is -0.385. The van der Waals surface area contributed by atoms with Gasteiger partial charge in [-0.25, -0.2) is 0 Å². The van der Waals surface area contributed by atoms with Gasteiger partial charge in [0.2, 0.25) is 0 Å². The van der Waals surface area contributed by atoms with Crippen molar-refractivity contribution >= 4 is 48.3 Å². The van der Waals surface area contributed by atoms with Gasteiger partial charge in [0.15, 0.2) is 0 Å². The lowest BCUT2D eigenvalue weighted by Crippen LogP contribution is -2.44. The summed E-state index contributed by atoms with van der Waals surface area (Å²) in [6.45, 7) is 0.150. The molecule has 0 N–H and O–H groups in total. The fourth-order valence-corrected chi connectivity index (χ4v) is 4.65. The number of rotatable bonds is 6. The molecule has 0 aliphatic rings. The van der Waals surface area contributed by atoms with Crippen molar-refractivity contribution in [3.63, 3.8) is 0 Å². The monoisotopic (exact) mass is 402 g/mol. The Morgan fingerprint density at radius 3 is 1.85 bits per heavy atom. The van der Waals surface area contributed by atoms with Gasteiger partial charge in [-0.15, -0.1) is 0 Å². The zero-order valence-corrected chi connectivity index (χ0v) is 16.1. The fourth-order valence-electron chi connectivity index (χ4n) is 2.50. The van der Waals surface area contributed by atoms with Crippen molar-refractivity contribution in [2.75, 3.05) is 0 Å². The van der Waals surface area contributed by atoms with E-state index in [-0.39, 0.29) is 12.3 Å². The van der Waals surface area contributed by atoms with E-state index >= 15 is 0 Å². The SMILES string of the molecule is O=[N+]([O-])c1ccccc1CO[Si](c1ccc(Cl)cc1)c1ccc(Cl)cc1. The number of hydrogen-bond acceptors (Lipinski definition) is 3. The molecule has 0 amide bonds. The number of hydrogen-bond donors (Lipinski definition) is 0. The van der Waals surface area contributed by atoms with Crippen LogP contribution in [0.2, 0.25) is 10.0 Å². The topological polar surface area (TPSA) is 52.4 Å². The molecule has 0 saturated carbocycles. The first-order chi connectivity index (χ1) is 12.5. The highest BCUT2D eigenvalue weighted by Crippen LogP contribution is 2.19. The van der Waals surface area contributed by atoms with Crippen molar-refractivity contribution in [1.82, 2.24) is 0 Å².